The third-order valence-corrected chi connectivity index (χ3v) is 4.23. The molecule has 0 aliphatic rings. The number of esters is 2. The van der Waals surface area contributed by atoms with Crippen molar-refractivity contribution in [3.05, 3.63) is 59.7 Å². The Morgan fingerprint density at radius 2 is 1.11 bits per heavy atom. The van der Waals surface area contributed by atoms with Gasteiger partial charge in [0.2, 0.25) is 6.04 Å². The lowest BCUT2D eigenvalue weighted by Gasteiger charge is -2.31. The van der Waals surface area contributed by atoms with E-state index in [0.717, 1.165) is 22.5 Å². The molecule has 0 unspecified atom stereocenters. The minimum absolute atomic E-state index is 0.256. The average molecular weight is 383 g/mol. The van der Waals surface area contributed by atoms with E-state index in [2.05, 4.69) is 0 Å². The predicted octanol–water partition coefficient (Wildman–Crippen LogP) is 4.72. The third-order valence-electron chi connectivity index (χ3n) is 4.23. The smallest absolute Gasteiger partial charge is 0.340 e. The number of carbonyl (C=O) groups excluding carboxylic acids is 2. The number of anilines is 2. The van der Waals surface area contributed by atoms with E-state index < -0.39 is 18.0 Å². The van der Waals surface area contributed by atoms with Crippen LogP contribution in [0, 0.1) is 13.8 Å². The molecule has 0 aliphatic heterocycles. The van der Waals surface area contributed by atoms with Crippen molar-refractivity contribution in [3.63, 3.8) is 0 Å². The van der Waals surface area contributed by atoms with Gasteiger partial charge in [0.15, 0.2) is 0 Å². The van der Waals surface area contributed by atoms with Gasteiger partial charge in [-0.25, -0.2) is 9.59 Å². The van der Waals surface area contributed by atoms with Crippen LogP contribution in [0.15, 0.2) is 48.5 Å². The zero-order valence-electron chi connectivity index (χ0n) is 17.1. The number of nitrogens with zero attached hydrogens (tertiary/aromatic N) is 1. The fourth-order valence-electron chi connectivity index (χ4n) is 2.73. The maximum Gasteiger partial charge on any atom is 0.340 e. The van der Waals surface area contributed by atoms with Crippen molar-refractivity contribution >= 4 is 23.3 Å². The van der Waals surface area contributed by atoms with Gasteiger partial charge in [-0.05, 0) is 51.0 Å². The minimum Gasteiger partial charge on any atom is -0.464 e. The van der Waals surface area contributed by atoms with Crippen molar-refractivity contribution in [3.8, 4) is 0 Å². The van der Waals surface area contributed by atoms with Crippen molar-refractivity contribution < 1.29 is 19.1 Å². The van der Waals surface area contributed by atoms with Gasteiger partial charge < -0.3 is 14.4 Å². The number of rotatable bonds is 9. The summed E-state index contributed by atoms with van der Waals surface area (Å²) in [5.41, 5.74) is 3.63. The van der Waals surface area contributed by atoms with Gasteiger partial charge in [0.05, 0.1) is 13.2 Å². The molecule has 0 N–H and O–H groups in total. The van der Waals surface area contributed by atoms with Crippen molar-refractivity contribution in [2.45, 2.75) is 46.6 Å². The Hall–Kier alpha value is -2.82. The molecule has 0 amide bonds. The van der Waals surface area contributed by atoms with E-state index in [-0.39, 0.29) is 13.2 Å². The lowest BCUT2D eigenvalue weighted by molar-refractivity contribution is -0.156. The number of carbonyl (C=O) groups is 2. The number of ether oxygens (including phenoxy) is 2. The van der Waals surface area contributed by atoms with Crippen LogP contribution >= 0.6 is 0 Å². The van der Waals surface area contributed by atoms with E-state index in [1.807, 2.05) is 76.2 Å². The van der Waals surface area contributed by atoms with Crippen LogP contribution in [0.5, 0.6) is 0 Å². The summed E-state index contributed by atoms with van der Waals surface area (Å²) in [5.74, 6) is -1.21. The maximum atomic E-state index is 12.9. The first-order valence-corrected chi connectivity index (χ1v) is 9.73. The van der Waals surface area contributed by atoms with E-state index in [1.54, 1.807) is 4.90 Å². The first-order chi connectivity index (χ1) is 13.5. The van der Waals surface area contributed by atoms with Crippen LogP contribution < -0.4 is 4.90 Å². The first kappa shape index (κ1) is 21.5. The molecule has 0 aromatic heterocycles. The summed E-state index contributed by atoms with van der Waals surface area (Å²) in [7, 11) is 0. The Morgan fingerprint density at radius 3 is 1.43 bits per heavy atom. The van der Waals surface area contributed by atoms with Crippen molar-refractivity contribution in [2.24, 2.45) is 0 Å². The molecule has 0 bridgehead atoms. The largest absolute Gasteiger partial charge is 0.464 e. The minimum atomic E-state index is -1.21. The van der Waals surface area contributed by atoms with Gasteiger partial charge in [-0.3, -0.25) is 0 Å². The summed E-state index contributed by atoms with van der Waals surface area (Å²) in [5, 5.41) is 0. The van der Waals surface area contributed by atoms with Crippen LogP contribution in [-0.4, -0.2) is 31.2 Å². The van der Waals surface area contributed by atoms with Crippen molar-refractivity contribution in [1.82, 2.24) is 0 Å². The maximum absolute atomic E-state index is 12.9. The van der Waals surface area contributed by atoms with Gasteiger partial charge in [0.25, 0.3) is 0 Å². The van der Waals surface area contributed by atoms with E-state index in [0.29, 0.717) is 12.8 Å². The topological polar surface area (TPSA) is 55.8 Å². The van der Waals surface area contributed by atoms with E-state index in [9.17, 15) is 9.59 Å². The Morgan fingerprint density at radius 1 is 0.750 bits per heavy atom. The highest BCUT2D eigenvalue weighted by Crippen LogP contribution is 2.30. The van der Waals surface area contributed by atoms with Crippen LogP contribution in [-0.2, 0) is 19.1 Å². The molecule has 0 saturated heterocycles. The van der Waals surface area contributed by atoms with Crippen LogP contribution in [0.2, 0.25) is 0 Å². The molecule has 0 saturated carbocycles. The highest BCUT2D eigenvalue weighted by atomic mass is 16.6. The number of aryl methyl sites for hydroxylation is 2. The van der Waals surface area contributed by atoms with Crippen LogP contribution in [0.3, 0.4) is 0 Å². The molecule has 2 aromatic carbocycles. The van der Waals surface area contributed by atoms with Gasteiger partial charge >= 0.3 is 11.9 Å². The fourth-order valence-corrected chi connectivity index (χ4v) is 2.73. The summed E-state index contributed by atoms with van der Waals surface area (Å²) in [6, 6.07) is 14.1. The van der Waals surface area contributed by atoms with Gasteiger partial charge in [0.1, 0.15) is 0 Å². The zero-order valence-corrected chi connectivity index (χ0v) is 17.1. The van der Waals surface area contributed by atoms with E-state index in [4.69, 9.17) is 9.47 Å². The highest BCUT2D eigenvalue weighted by molar-refractivity contribution is 6.04. The summed E-state index contributed by atoms with van der Waals surface area (Å²) in [4.78, 5) is 27.4. The molecule has 150 valence electrons. The number of benzene rings is 2. The predicted molar refractivity (Wildman–Crippen MR) is 111 cm³/mol. The molecule has 0 atom stereocenters. The molecule has 5 nitrogen and oxygen atoms in total. The quantitative estimate of drug-likeness (QED) is 0.463. The second kappa shape index (κ2) is 10.5. The SMILES string of the molecule is CCCOC(=O)C(C(=O)OCCC)N(c1ccc(C)cc1)c1ccc(C)cc1. The number of hydrogen-bond acceptors (Lipinski definition) is 5. The van der Waals surface area contributed by atoms with Gasteiger partial charge in [-0.15, -0.1) is 0 Å². The molecule has 5 heteroatoms. The third kappa shape index (κ3) is 5.59. The lowest BCUT2D eigenvalue weighted by Crippen LogP contribution is -2.46. The number of hydrogen-bond donors (Lipinski definition) is 0. The summed E-state index contributed by atoms with van der Waals surface area (Å²) in [6.07, 6.45) is 1.36. The van der Waals surface area contributed by atoms with Crippen LogP contribution in [0.4, 0.5) is 11.4 Å². The summed E-state index contributed by atoms with van der Waals surface area (Å²) < 4.78 is 10.7. The van der Waals surface area contributed by atoms with Crippen LogP contribution in [0.25, 0.3) is 0 Å². The summed E-state index contributed by atoms with van der Waals surface area (Å²) >= 11 is 0. The molecule has 28 heavy (non-hydrogen) atoms. The van der Waals surface area contributed by atoms with Crippen molar-refractivity contribution in [1.29, 1.82) is 0 Å². The normalized spacial score (nSPS) is 10.6. The lowest BCUT2D eigenvalue weighted by atomic mass is 10.1. The van der Waals surface area contributed by atoms with E-state index in [1.165, 1.54) is 0 Å². The molecule has 2 aromatic rings. The average Bonchev–Trinajstić information content (AvgIpc) is 2.70. The Balaban J connectivity index is 2.52. The highest BCUT2D eigenvalue weighted by Gasteiger charge is 2.37. The molecule has 0 heterocycles. The van der Waals surface area contributed by atoms with Crippen molar-refractivity contribution in [2.75, 3.05) is 18.1 Å². The molecular weight excluding hydrogens is 354 g/mol. The van der Waals surface area contributed by atoms with Gasteiger partial charge in [0, 0.05) is 11.4 Å². The molecule has 0 radical (unpaired) electrons. The second-order valence-corrected chi connectivity index (χ2v) is 6.78. The standard InChI is InChI=1S/C23H29NO4/c1-5-15-27-22(25)21(23(26)28-16-6-2)24(19-11-7-17(3)8-12-19)20-13-9-18(4)10-14-20/h7-14,21H,5-6,15-16H2,1-4H3. The Kier molecular flexibility index (Phi) is 8.05. The zero-order chi connectivity index (χ0) is 20.5. The Labute approximate surface area is 167 Å². The second-order valence-electron chi connectivity index (χ2n) is 6.78. The molecule has 0 aliphatic carbocycles. The van der Waals surface area contributed by atoms with Gasteiger partial charge in [-0.2, -0.15) is 0 Å². The first-order valence-electron chi connectivity index (χ1n) is 9.73. The fraction of sp³-hybridized carbons (Fsp3) is 0.391. The van der Waals surface area contributed by atoms with Crippen LogP contribution in [0.1, 0.15) is 37.8 Å². The molecular formula is C23H29NO4. The van der Waals surface area contributed by atoms with Gasteiger partial charge in [-0.1, -0.05) is 49.2 Å². The molecule has 0 spiro atoms. The molecule has 0 fully saturated rings. The summed E-state index contributed by atoms with van der Waals surface area (Å²) in [6.45, 7) is 8.31. The monoisotopic (exact) mass is 383 g/mol. The molecule has 2 rings (SSSR count). The Bertz CT molecular complexity index is 703. The van der Waals surface area contributed by atoms with E-state index >= 15 is 0 Å².